The van der Waals surface area contributed by atoms with E-state index in [2.05, 4.69) is 10.3 Å². The molecule has 1 aromatic heterocycles. The summed E-state index contributed by atoms with van der Waals surface area (Å²) in [5.74, 6) is -0.167. The third-order valence-corrected chi connectivity index (χ3v) is 2.38. The van der Waals surface area contributed by atoms with Crippen LogP contribution in [0.2, 0.25) is 0 Å². The fourth-order valence-corrected chi connectivity index (χ4v) is 1.44. The Morgan fingerprint density at radius 1 is 1.05 bits per heavy atom. The maximum absolute atomic E-state index is 12.4. The zero-order chi connectivity index (χ0) is 13.9. The van der Waals surface area contributed by atoms with E-state index in [1.165, 1.54) is 6.20 Å². The zero-order valence-corrected chi connectivity index (χ0v) is 9.61. The van der Waals surface area contributed by atoms with Crippen molar-refractivity contribution in [1.82, 2.24) is 4.98 Å². The monoisotopic (exact) mass is 266 g/mol. The predicted molar refractivity (Wildman–Crippen MR) is 63.6 cm³/mol. The molecule has 0 radical (unpaired) electrons. The highest BCUT2D eigenvalue weighted by Crippen LogP contribution is 2.29. The average molecular weight is 266 g/mol. The molecule has 3 nitrogen and oxygen atoms in total. The molecular formula is C13H9F3N2O. The van der Waals surface area contributed by atoms with Crippen LogP contribution in [0.4, 0.5) is 19.0 Å². The topological polar surface area (TPSA) is 42.0 Å². The summed E-state index contributed by atoms with van der Waals surface area (Å²) < 4.78 is 37.1. The fraction of sp³-hybridized carbons (Fsp3) is 0.0769. The lowest BCUT2D eigenvalue weighted by atomic mass is 10.1. The third-order valence-electron chi connectivity index (χ3n) is 2.38. The SMILES string of the molecule is O=C(Nc1ccccn1)c1ccc(C(F)(F)F)cc1. The van der Waals surface area contributed by atoms with Crippen LogP contribution in [0.1, 0.15) is 15.9 Å². The first-order valence-corrected chi connectivity index (χ1v) is 5.36. The van der Waals surface area contributed by atoms with Crippen LogP contribution in [0.5, 0.6) is 0 Å². The Morgan fingerprint density at radius 3 is 2.26 bits per heavy atom. The normalized spacial score (nSPS) is 11.1. The van der Waals surface area contributed by atoms with Crippen molar-refractivity contribution in [3.8, 4) is 0 Å². The smallest absolute Gasteiger partial charge is 0.307 e. The zero-order valence-electron chi connectivity index (χ0n) is 9.61. The van der Waals surface area contributed by atoms with Crippen LogP contribution in [-0.2, 0) is 6.18 Å². The Hall–Kier alpha value is -2.37. The van der Waals surface area contributed by atoms with Gasteiger partial charge < -0.3 is 5.32 Å². The van der Waals surface area contributed by atoms with Gasteiger partial charge in [0.1, 0.15) is 5.82 Å². The number of pyridine rings is 1. The number of rotatable bonds is 2. The quantitative estimate of drug-likeness (QED) is 0.905. The van der Waals surface area contributed by atoms with Gasteiger partial charge in [-0.3, -0.25) is 4.79 Å². The van der Waals surface area contributed by atoms with E-state index in [1.54, 1.807) is 18.2 Å². The third kappa shape index (κ3) is 3.31. The molecule has 0 saturated carbocycles. The lowest BCUT2D eigenvalue weighted by molar-refractivity contribution is -0.137. The van der Waals surface area contributed by atoms with Crippen LogP contribution in [0.25, 0.3) is 0 Å². The standard InChI is InChI=1S/C13H9F3N2O/c14-13(15,16)10-6-4-9(5-7-10)12(19)18-11-3-1-2-8-17-11/h1-8H,(H,17,18,19). The van der Waals surface area contributed by atoms with Crippen molar-refractivity contribution in [2.24, 2.45) is 0 Å². The number of alkyl halides is 3. The van der Waals surface area contributed by atoms with Crippen molar-refractivity contribution in [3.63, 3.8) is 0 Å². The van der Waals surface area contributed by atoms with Gasteiger partial charge in [-0.25, -0.2) is 4.98 Å². The maximum Gasteiger partial charge on any atom is 0.416 e. The molecule has 0 atom stereocenters. The van der Waals surface area contributed by atoms with Crippen molar-refractivity contribution in [2.45, 2.75) is 6.18 Å². The fourth-order valence-electron chi connectivity index (χ4n) is 1.44. The number of halogens is 3. The number of hydrogen-bond acceptors (Lipinski definition) is 2. The molecule has 0 unspecified atom stereocenters. The van der Waals surface area contributed by atoms with Gasteiger partial charge in [0, 0.05) is 11.8 Å². The van der Waals surface area contributed by atoms with Crippen molar-refractivity contribution in [3.05, 3.63) is 59.8 Å². The van der Waals surface area contributed by atoms with Gasteiger partial charge in [0.2, 0.25) is 0 Å². The first-order valence-electron chi connectivity index (χ1n) is 5.36. The van der Waals surface area contributed by atoms with Crippen molar-refractivity contribution in [2.75, 3.05) is 5.32 Å². The minimum absolute atomic E-state index is 0.138. The van der Waals surface area contributed by atoms with E-state index in [1.807, 2.05) is 0 Å². The molecule has 6 heteroatoms. The summed E-state index contributed by atoms with van der Waals surface area (Å²) in [5.41, 5.74) is -0.652. The minimum atomic E-state index is -4.41. The molecule has 2 rings (SSSR count). The summed E-state index contributed by atoms with van der Waals surface area (Å²) in [7, 11) is 0. The van der Waals surface area contributed by atoms with E-state index in [-0.39, 0.29) is 5.56 Å². The predicted octanol–water partition coefficient (Wildman–Crippen LogP) is 3.35. The van der Waals surface area contributed by atoms with Gasteiger partial charge in [-0.15, -0.1) is 0 Å². The second-order valence-electron chi connectivity index (χ2n) is 3.74. The van der Waals surface area contributed by atoms with Crippen LogP contribution in [0.15, 0.2) is 48.7 Å². The van der Waals surface area contributed by atoms with E-state index >= 15 is 0 Å². The van der Waals surface area contributed by atoms with Crippen molar-refractivity contribution >= 4 is 11.7 Å². The van der Waals surface area contributed by atoms with Gasteiger partial charge >= 0.3 is 6.18 Å². The molecule has 0 spiro atoms. The average Bonchev–Trinajstić information content (AvgIpc) is 2.39. The van der Waals surface area contributed by atoms with Gasteiger partial charge in [0.15, 0.2) is 0 Å². The van der Waals surface area contributed by atoms with E-state index in [0.29, 0.717) is 5.82 Å². The molecule has 98 valence electrons. The first kappa shape index (κ1) is 13.1. The van der Waals surface area contributed by atoms with Gasteiger partial charge in [-0.05, 0) is 36.4 Å². The second-order valence-corrected chi connectivity index (χ2v) is 3.74. The molecule has 0 saturated heterocycles. The summed E-state index contributed by atoms with van der Waals surface area (Å²) in [6.45, 7) is 0. The summed E-state index contributed by atoms with van der Waals surface area (Å²) in [6.07, 6.45) is -2.90. The number of nitrogens with one attached hydrogen (secondary N) is 1. The van der Waals surface area contributed by atoms with Crippen LogP contribution in [-0.4, -0.2) is 10.9 Å². The van der Waals surface area contributed by atoms with Crippen LogP contribution < -0.4 is 5.32 Å². The number of aromatic nitrogens is 1. The van der Waals surface area contributed by atoms with Crippen molar-refractivity contribution in [1.29, 1.82) is 0 Å². The summed E-state index contributed by atoms with van der Waals surface area (Å²) in [5, 5.41) is 2.49. The molecule has 0 aliphatic carbocycles. The number of benzene rings is 1. The van der Waals surface area contributed by atoms with Crippen LogP contribution >= 0.6 is 0 Å². The molecular weight excluding hydrogens is 257 g/mol. The van der Waals surface area contributed by atoms with Gasteiger partial charge in [0.05, 0.1) is 5.56 Å². The first-order chi connectivity index (χ1) is 8.97. The highest BCUT2D eigenvalue weighted by Gasteiger charge is 2.30. The molecule has 1 amide bonds. The van der Waals surface area contributed by atoms with E-state index < -0.39 is 17.6 Å². The highest BCUT2D eigenvalue weighted by atomic mass is 19.4. The highest BCUT2D eigenvalue weighted by molar-refractivity contribution is 6.03. The molecule has 19 heavy (non-hydrogen) atoms. The number of amides is 1. The van der Waals surface area contributed by atoms with E-state index in [9.17, 15) is 18.0 Å². The largest absolute Gasteiger partial charge is 0.416 e. The summed E-state index contributed by atoms with van der Waals surface area (Å²) >= 11 is 0. The van der Waals surface area contributed by atoms with Crippen molar-refractivity contribution < 1.29 is 18.0 Å². The molecule has 1 aromatic carbocycles. The Balaban J connectivity index is 2.12. The molecule has 0 fully saturated rings. The number of anilines is 1. The van der Waals surface area contributed by atoms with Crippen LogP contribution in [0, 0.1) is 0 Å². The Kier molecular flexibility index (Phi) is 3.50. The van der Waals surface area contributed by atoms with Gasteiger partial charge in [-0.2, -0.15) is 13.2 Å². The number of carbonyl (C=O) groups is 1. The van der Waals surface area contributed by atoms with Gasteiger partial charge in [-0.1, -0.05) is 6.07 Å². The molecule has 2 aromatic rings. The lowest BCUT2D eigenvalue weighted by Crippen LogP contribution is -2.13. The van der Waals surface area contributed by atoms with Gasteiger partial charge in [0.25, 0.3) is 5.91 Å². The van der Waals surface area contributed by atoms with E-state index in [4.69, 9.17) is 0 Å². The molecule has 1 N–H and O–H groups in total. The van der Waals surface area contributed by atoms with Crippen LogP contribution in [0.3, 0.4) is 0 Å². The summed E-state index contributed by atoms with van der Waals surface area (Å²) in [6, 6.07) is 8.95. The number of nitrogens with zero attached hydrogens (tertiary/aromatic N) is 1. The van der Waals surface area contributed by atoms with E-state index in [0.717, 1.165) is 24.3 Å². The lowest BCUT2D eigenvalue weighted by Gasteiger charge is -2.07. The molecule has 1 heterocycles. The Labute approximate surface area is 107 Å². The molecule has 0 aliphatic rings. The number of carbonyl (C=O) groups excluding carboxylic acids is 1. The minimum Gasteiger partial charge on any atom is -0.307 e. The maximum atomic E-state index is 12.4. The Morgan fingerprint density at radius 2 is 1.74 bits per heavy atom. The summed E-state index contributed by atoms with van der Waals surface area (Å²) in [4.78, 5) is 15.6. The number of hydrogen-bond donors (Lipinski definition) is 1. The second kappa shape index (κ2) is 5.09. The molecule has 0 bridgehead atoms. The molecule has 0 aliphatic heterocycles. The Bertz CT molecular complexity index is 565.